The molecule has 0 heterocycles. The predicted octanol–water partition coefficient (Wildman–Crippen LogP) is 3.12. The van der Waals surface area contributed by atoms with E-state index in [-0.39, 0.29) is 18.4 Å². The fourth-order valence-corrected chi connectivity index (χ4v) is 2.59. The largest absolute Gasteiger partial charge is 0.385 e. The highest BCUT2D eigenvalue weighted by atomic mass is 16.5. The van der Waals surface area contributed by atoms with Crippen LogP contribution in [0.15, 0.2) is 42.5 Å². The maximum Gasteiger partial charge on any atom is 0.251 e. The Bertz CT molecular complexity index is 773. The Morgan fingerprint density at radius 1 is 1.04 bits per heavy atom. The summed E-state index contributed by atoms with van der Waals surface area (Å²) in [5, 5.41) is 8.79. The summed E-state index contributed by atoms with van der Waals surface area (Å²) in [6.07, 6.45) is 0.775. The number of carbonyl (C=O) groups excluding carboxylic acids is 2. The minimum atomic E-state index is -0.123. The molecule has 0 radical (unpaired) electrons. The van der Waals surface area contributed by atoms with Gasteiger partial charge in [0.05, 0.1) is 6.54 Å². The normalized spacial score (nSPS) is 10.3. The maximum absolute atomic E-state index is 12.1. The van der Waals surface area contributed by atoms with Gasteiger partial charge in [-0.05, 0) is 56.2 Å². The third-order valence-corrected chi connectivity index (χ3v) is 4.07. The van der Waals surface area contributed by atoms with E-state index in [1.165, 1.54) is 0 Å². The molecule has 6 heteroatoms. The van der Waals surface area contributed by atoms with Crippen LogP contribution in [0.5, 0.6) is 0 Å². The molecule has 0 aliphatic heterocycles. The van der Waals surface area contributed by atoms with Gasteiger partial charge < -0.3 is 20.7 Å². The van der Waals surface area contributed by atoms with Gasteiger partial charge in [0.15, 0.2) is 0 Å². The van der Waals surface area contributed by atoms with Crippen molar-refractivity contribution >= 4 is 23.2 Å². The Kier molecular flexibility index (Phi) is 7.82. The summed E-state index contributed by atoms with van der Waals surface area (Å²) in [7, 11) is 1.63. The van der Waals surface area contributed by atoms with Crippen molar-refractivity contribution in [2.75, 3.05) is 37.4 Å². The van der Waals surface area contributed by atoms with Gasteiger partial charge in [-0.15, -0.1) is 0 Å². The Balaban J connectivity index is 1.80. The average Bonchev–Trinajstić information content (AvgIpc) is 2.66. The molecular weight excluding hydrogens is 342 g/mol. The summed E-state index contributed by atoms with van der Waals surface area (Å²) < 4.78 is 4.95. The Morgan fingerprint density at radius 3 is 2.44 bits per heavy atom. The molecule has 0 aromatic heterocycles. The van der Waals surface area contributed by atoms with Crippen LogP contribution in [0.1, 0.15) is 27.9 Å². The summed E-state index contributed by atoms with van der Waals surface area (Å²) in [4.78, 5) is 24.1. The molecular formula is C21H27N3O3. The van der Waals surface area contributed by atoms with Gasteiger partial charge in [0, 0.05) is 37.2 Å². The van der Waals surface area contributed by atoms with E-state index in [2.05, 4.69) is 16.0 Å². The molecule has 6 nitrogen and oxygen atoms in total. The van der Waals surface area contributed by atoms with Crippen LogP contribution >= 0.6 is 0 Å². The number of nitrogens with one attached hydrogen (secondary N) is 3. The average molecular weight is 369 g/mol. The van der Waals surface area contributed by atoms with Crippen molar-refractivity contribution in [3.05, 3.63) is 59.2 Å². The van der Waals surface area contributed by atoms with E-state index in [0.717, 1.165) is 28.9 Å². The van der Waals surface area contributed by atoms with Crippen LogP contribution in [0.3, 0.4) is 0 Å². The predicted molar refractivity (Wildman–Crippen MR) is 108 cm³/mol. The molecule has 0 unspecified atom stereocenters. The van der Waals surface area contributed by atoms with Gasteiger partial charge in [0.25, 0.3) is 5.91 Å². The first-order valence-corrected chi connectivity index (χ1v) is 8.98. The number of aryl methyl sites for hydroxylation is 2. The summed E-state index contributed by atoms with van der Waals surface area (Å²) >= 11 is 0. The van der Waals surface area contributed by atoms with Gasteiger partial charge in [-0.2, -0.15) is 0 Å². The van der Waals surface area contributed by atoms with Crippen LogP contribution in [-0.2, 0) is 9.53 Å². The van der Waals surface area contributed by atoms with Crippen molar-refractivity contribution in [2.45, 2.75) is 20.3 Å². The monoisotopic (exact) mass is 369 g/mol. The van der Waals surface area contributed by atoms with Crippen LogP contribution < -0.4 is 16.0 Å². The number of amides is 2. The number of benzene rings is 2. The third-order valence-electron chi connectivity index (χ3n) is 4.07. The van der Waals surface area contributed by atoms with Crippen molar-refractivity contribution < 1.29 is 14.3 Å². The highest BCUT2D eigenvalue weighted by Crippen LogP contribution is 2.16. The van der Waals surface area contributed by atoms with Crippen molar-refractivity contribution in [3.63, 3.8) is 0 Å². The molecule has 3 N–H and O–H groups in total. The fraction of sp³-hybridized carbons (Fsp3) is 0.333. The van der Waals surface area contributed by atoms with E-state index in [9.17, 15) is 9.59 Å². The van der Waals surface area contributed by atoms with Crippen LogP contribution in [0.4, 0.5) is 11.4 Å². The Hall–Kier alpha value is -2.86. The Labute approximate surface area is 160 Å². The summed E-state index contributed by atoms with van der Waals surface area (Å²) in [5.41, 5.74) is 4.36. The lowest BCUT2D eigenvalue weighted by Gasteiger charge is -2.11. The van der Waals surface area contributed by atoms with E-state index in [1.807, 2.05) is 32.0 Å². The SMILES string of the molecule is COCCCNC(=O)c1ccc(NCC(=O)Nc2ccc(C)cc2C)cc1. The molecule has 27 heavy (non-hydrogen) atoms. The zero-order valence-electron chi connectivity index (χ0n) is 16.1. The van der Waals surface area contributed by atoms with E-state index in [4.69, 9.17) is 4.74 Å². The molecule has 0 aliphatic rings. The van der Waals surface area contributed by atoms with E-state index in [0.29, 0.717) is 18.7 Å². The highest BCUT2D eigenvalue weighted by Gasteiger charge is 2.07. The van der Waals surface area contributed by atoms with Crippen LogP contribution in [0, 0.1) is 13.8 Å². The molecule has 2 aromatic rings. The molecule has 2 rings (SSSR count). The number of anilines is 2. The second kappa shape index (κ2) is 10.3. The van der Waals surface area contributed by atoms with Gasteiger partial charge >= 0.3 is 0 Å². The molecule has 0 spiro atoms. The molecule has 0 fully saturated rings. The summed E-state index contributed by atoms with van der Waals surface area (Å²) in [6, 6.07) is 12.9. The van der Waals surface area contributed by atoms with Gasteiger partial charge in [0.2, 0.25) is 5.91 Å². The summed E-state index contributed by atoms with van der Waals surface area (Å²) in [5.74, 6) is -0.243. The van der Waals surface area contributed by atoms with Crippen LogP contribution in [0.25, 0.3) is 0 Å². The number of hydrogen-bond donors (Lipinski definition) is 3. The number of carbonyl (C=O) groups is 2. The minimum Gasteiger partial charge on any atom is -0.385 e. The minimum absolute atomic E-state index is 0.120. The number of methoxy groups -OCH3 is 1. The van der Waals surface area contributed by atoms with E-state index >= 15 is 0 Å². The summed E-state index contributed by atoms with van der Waals surface area (Å²) in [6.45, 7) is 5.33. The first kappa shape index (κ1) is 20.5. The molecule has 0 saturated carbocycles. The van der Waals surface area contributed by atoms with Gasteiger partial charge in [-0.1, -0.05) is 17.7 Å². The molecule has 0 saturated heterocycles. The lowest BCUT2D eigenvalue weighted by molar-refractivity contribution is -0.114. The topological polar surface area (TPSA) is 79.5 Å². The smallest absolute Gasteiger partial charge is 0.251 e. The molecule has 2 amide bonds. The lowest BCUT2D eigenvalue weighted by atomic mass is 10.1. The number of rotatable bonds is 9. The second-order valence-electron chi connectivity index (χ2n) is 6.40. The standard InChI is InChI=1S/C21H27N3O3/c1-15-5-10-19(16(2)13-15)24-20(25)14-23-18-8-6-17(7-9-18)21(26)22-11-4-12-27-3/h5-10,13,23H,4,11-12,14H2,1-3H3,(H,22,26)(H,24,25). The van der Waals surface area contributed by atoms with Crippen LogP contribution in [0.2, 0.25) is 0 Å². The molecule has 0 aliphatic carbocycles. The highest BCUT2D eigenvalue weighted by molar-refractivity contribution is 5.95. The van der Waals surface area contributed by atoms with Gasteiger partial charge in [0.1, 0.15) is 0 Å². The quantitative estimate of drug-likeness (QED) is 0.594. The van der Waals surface area contributed by atoms with E-state index in [1.54, 1.807) is 31.4 Å². The molecule has 0 atom stereocenters. The lowest BCUT2D eigenvalue weighted by Crippen LogP contribution is -2.25. The first-order valence-electron chi connectivity index (χ1n) is 8.98. The van der Waals surface area contributed by atoms with E-state index < -0.39 is 0 Å². The van der Waals surface area contributed by atoms with Crippen molar-refractivity contribution in [1.82, 2.24) is 5.32 Å². The zero-order chi connectivity index (χ0) is 19.6. The first-order chi connectivity index (χ1) is 13.0. The maximum atomic E-state index is 12.1. The molecule has 144 valence electrons. The second-order valence-corrected chi connectivity index (χ2v) is 6.40. The van der Waals surface area contributed by atoms with Crippen LogP contribution in [-0.4, -0.2) is 38.6 Å². The zero-order valence-corrected chi connectivity index (χ0v) is 16.1. The van der Waals surface area contributed by atoms with Crippen molar-refractivity contribution in [3.8, 4) is 0 Å². The van der Waals surface area contributed by atoms with Crippen molar-refractivity contribution in [2.24, 2.45) is 0 Å². The number of hydrogen-bond acceptors (Lipinski definition) is 4. The fourth-order valence-electron chi connectivity index (χ4n) is 2.59. The molecule has 2 aromatic carbocycles. The Morgan fingerprint density at radius 2 is 1.78 bits per heavy atom. The van der Waals surface area contributed by atoms with Gasteiger partial charge in [-0.25, -0.2) is 0 Å². The van der Waals surface area contributed by atoms with Gasteiger partial charge in [-0.3, -0.25) is 9.59 Å². The van der Waals surface area contributed by atoms with Crippen molar-refractivity contribution in [1.29, 1.82) is 0 Å². The molecule has 0 bridgehead atoms. The third kappa shape index (κ3) is 6.75. The number of ether oxygens (including phenoxy) is 1.